The van der Waals surface area contributed by atoms with Gasteiger partial charge in [0.2, 0.25) is 0 Å². The molecule has 1 saturated heterocycles. The predicted octanol–water partition coefficient (Wildman–Crippen LogP) is 2.70. The van der Waals surface area contributed by atoms with Gasteiger partial charge in [0.05, 0.1) is 12.5 Å². The summed E-state index contributed by atoms with van der Waals surface area (Å²) in [5.74, 6) is 0.230. The Morgan fingerprint density at radius 3 is 2.62 bits per heavy atom. The van der Waals surface area contributed by atoms with Crippen LogP contribution in [0.15, 0.2) is 18.2 Å². The van der Waals surface area contributed by atoms with Gasteiger partial charge in [-0.3, -0.25) is 9.69 Å². The lowest BCUT2D eigenvalue weighted by Gasteiger charge is -2.39. The molecule has 2 rings (SSSR count). The van der Waals surface area contributed by atoms with E-state index in [0.717, 1.165) is 5.56 Å². The fraction of sp³-hybridized carbons (Fsp3) is 0.533. The average molecular weight is 311 g/mol. The molecule has 2 atom stereocenters. The van der Waals surface area contributed by atoms with Crippen LogP contribution in [-0.2, 0) is 4.79 Å². The van der Waals surface area contributed by atoms with Crippen LogP contribution in [-0.4, -0.2) is 45.5 Å². The van der Waals surface area contributed by atoms with Crippen LogP contribution in [0.25, 0.3) is 0 Å². The standard InChI is InChI=1S/C15H21NO4S/c1-15(2,3)16-10(14(18)19)8-21-13(16)9-5-6-11(17)12(7-9)20-4/h5-7,10,13,17H,8H2,1-4H3,(H,18,19)/t10-,13+/m0/s1. The lowest BCUT2D eigenvalue weighted by Crippen LogP contribution is -2.49. The number of phenols is 1. The van der Waals surface area contributed by atoms with Crippen molar-refractivity contribution < 1.29 is 19.7 Å². The Morgan fingerprint density at radius 1 is 1.43 bits per heavy atom. The second-order valence-corrected chi connectivity index (χ2v) is 7.16. The molecule has 1 heterocycles. The van der Waals surface area contributed by atoms with Crippen LogP contribution in [0.1, 0.15) is 31.7 Å². The molecule has 1 aromatic carbocycles. The molecular weight excluding hydrogens is 290 g/mol. The molecule has 1 aliphatic heterocycles. The first kappa shape index (κ1) is 16.0. The van der Waals surface area contributed by atoms with Gasteiger partial charge in [0.15, 0.2) is 11.5 Å². The summed E-state index contributed by atoms with van der Waals surface area (Å²) in [6.07, 6.45) is 0. The van der Waals surface area contributed by atoms with Crippen molar-refractivity contribution in [3.8, 4) is 11.5 Å². The highest BCUT2D eigenvalue weighted by Crippen LogP contribution is 2.46. The number of carboxylic acid groups (broad SMARTS) is 1. The first-order valence-corrected chi connectivity index (χ1v) is 7.80. The van der Waals surface area contributed by atoms with Crippen LogP contribution in [0, 0.1) is 0 Å². The van der Waals surface area contributed by atoms with Crippen molar-refractivity contribution in [2.45, 2.75) is 37.7 Å². The van der Waals surface area contributed by atoms with Crippen molar-refractivity contribution in [3.05, 3.63) is 23.8 Å². The first-order valence-electron chi connectivity index (χ1n) is 6.75. The number of carboxylic acids is 1. The number of methoxy groups -OCH3 is 1. The number of aromatic hydroxyl groups is 1. The Hall–Kier alpha value is -1.40. The van der Waals surface area contributed by atoms with E-state index >= 15 is 0 Å². The zero-order valence-electron chi connectivity index (χ0n) is 12.7. The molecule has 5 nitrogen and oxygen atoms in total. The lowest BCUT2D eigenvalue weighted by molar-refractivity contribution is -0.144. The van der Waals surface area contributed by atoms with Crippen LogP contribution < -0.4 is 4.74 Å². The highest BCUT2D eigenvalue weighted by molar-refractivity contribution is 7.99. The van der Waals surface area contributed by atoms with Gasteiger partial charge in [-0.2, -0.15) is 0 Å². The normalized spacial score (nSPS) is 23.2. The zero-order valence-corrected chi connectivity index (χ0v) is 13.5. The van der Waals surface area contributed by atoms with E-state index in [1.165, 1.54) is 7.11 Å². The molecule has 21 heavy (non-hydrogen) atoms. The van der Waals surface area contributed by atoms with E-state index < -0.39 is 12.0 Å². The van der Waals surface area contributed by atoms with Crippen LogP contribution >= 0.6 is 11.8 Å². The maximum atomic E-state index is 11.5. The van der Waals surface area contributed by atoms with Gasteiger partial charge in [-0.15, -0.1) is 11.8 Å². The number of nitrogens with zero attached hydrogens (tertiary/aromatic N) is 1. The zero-order chi connectivity index (χ0) is 15.8. The molecule has 6 heteroatoms. The van der Waals surface area contributed by atoms with E-state index in [2.05, 4.69) is 0 Å². The Balaban J connectivity index is 2.40. The van der Waals surface area contributed by atoms with Gasteiger partial charge in [0.1, 0.15) is 6.04 Å². The van der Waals surface area contributed by atoms with Gasteiger partial charge in [-0.05, 0) is 38.5 Å². The van der Waals surface area contributed by atoms with Crippen molar-refractivity contribution in [1.82, 2.24) is 4.90 Å². The molecule has 0 unspecified atom stereocenters. The molecule has 0 amide bonds. The lowest BCUT2D eigenvalue weighted by atomic mass is 10.0. The van der Waals surface area contributed by atoms with E-state index in [4.69, 9.17) is 4.74 Å². The molecule has 116 valence electrons. The summed E-state index contributed by atoms with van der Waals surface area (Å²) >= 11 is 1.60. The van der Waals surface area contributed by atoms with E-state index in [0.29, 0.717) is 11.5 Å². The third kappa shape index (κ3) is 3.11. The summed E-state index contributed by atoms with van der Waals surface area (Å²) in [5, 5.41) is 19.1. The largest absolute Gasteiger partial charge is 0.504 e. The SMILES string of the molecule is COc1cc([C@H]2SC[C@@H](C(=O)O)N2C(C)(C)C)ccc1O. The number of carbonyl (C=O) groups is 1. The average Bonchev–Trinajstić information content (AvgIpc) is 2.84. The van der Waals surface area contributed by atoms with Gasteiger partial charge in [0, 0.05) is 11.3 Å². The van der Waals surface area contributed by atoms with Crippen molar-refractivity contribution in [3.63, 3.8) is 0 Å². The van der Waals surface area contributed by atoms with Crippen molar-refractivity contribution >= 4 is 17.7 Å². The monoisotopic (exact) mass is 311 g/mol. The number of benzene rings is 1. The Kier molecular flexibility index (Phi) is 4.39. The molecule has 0 saturated carbocycles. The van der Waals surface area contributed by atoms with Crippen LogP contribution in [0.4, 0.5) is 0 Å². The molecule has 0 aromatic heterocycles. The molecule has 0 bridgehead atoms. The third-order valence-corrected chi connectivity index (χ3v) is 4.87. The number of ether oxygens (including phenoxy) is 1. The van der Waals surface area contributed by atoms with Crippen LogP contribution in [0.5, 0.6) is 11.5 Å². The molecule has 1 aliphatic rings. The third-order valence-electron chi connectivity index (χ3n) is 3.55. The van der Waals surface area contributed by atoms with E-state index in [9.17, 15) is 15.0 Å². The van der Waals surface area contributed by atoms with E-state index in [1.54, 1.807) is 23.9 Å². The van der Waals surface area contributed by atoms with Gasteiger partial charge in [-0.1, -0.05) is 6.07 Å². The van der Waals surface area contributed by atoms with Gasteiger partial charge >= 0.3 is 5.97 Å². The second kappa shape index (κ2) is 5.77. The van der Waals surface area contributed by atoms with E-state index in [1.807, 2.05) is 31.7 Å². The second-order valence-electron chi connectivity index (χ2n) is 6.05. The Bertz CT molecular complexity index is 541. The number of hydrogen-bond acceptors (Lipinski definition) is 5. The minimum Gasteiger partial charge on any atom is -0.504 e. The number of phenolic OH excluding ortho intramolecular Hbond substituents is 1. The number of hydrogen-bond donors (Lipinski definition) is 2. The number of aliphatic carboxylic acids is 1. The maximum absolute atomic E-state index is 11.5. The summed E-state index contributed by atoms with van der Waals surface area (Å²) < 4.78 is 5.15. The summed E-state index contributed by atoms with van der Waals surface area (Å²) in [6, 6.07) is 4.66. The minimum atomic E-state index is -0.800. The highest BCUT2D eigenvalue weighted by Gasteiger charge is 2.44. The number of thioether (sulfide) groups is 1. The summed E-state index contributed by atoms with van der Waals surface area (Å²) in [4.78, 5) is 13.5. The topological polar surface area (TPSA) is 70.0 Å². The molecule has 1 fully saturated rings. The Morgan fingerprint density at radius 2 is 2.10 bits per heavy atom. The molecule has 0 spiro atoms. The number of rotatable bonds is 3. The predicted molar refractivity (Wildman–Crippen MR) is 82.9 cm³/mol. The summed E-state index contributed by atoms with van der Waals surface area (Å²) in [7, 11) is 1.50. The van der Waals surface area contributed by atoms with E-state index in [-0.39, 0.29) is 16.7 Å². The Labute approximate surface area is 128 Å². The first-order chi connectivity index (χ1) is 9.75. The fourth-order valence-electron chi connectivity index (χ4n) is 2.62. The highest BCUT2D eigenvalue weighted by atomic mass is 32.2. The van der Waals surface area contributed by atoms with Gasteiger partial charge < -0.3 is 14.9 Å². The van der Waals surface area contributed by atoms with Crippen molar-refractivity contribution in [2.24, 2.45) is 0 Å². The minimum absolute atomic E-state index is 0.0689. The molecular formula is C15H21NO4S. The quantitative estimate of drug-likeness (QED) is 0.894. The van der Waals surface area contributed by atoms with Gasteiger partial charge in [-0.25, -0.2) is 0 Å². The molecule has 1 aromatic rings. The fourth-order valence-corrected chi connectivity index (χ4v) is 4.25. The summed E-state index contributed by atoms with van der Waals surface area (Å²) in [5.41, 5.74) is 0.663. The molecule has 0 aliphatic carbocycles. The van der Waals surface area contributed by atoms with Crippen molar-refractivity contribution in [1.29, 1.82) is 0 Å². The molecule has 0 radical (unpaired) electrons. The summed E-state index contributed by atoms with van der Waals surface area (Å²) in [6.45, 7) is 6.04. The maximum Gasteiger partial charge on any atom is 0.321 e. The van der Waals surface area contributed by atoms with Crippen molar-refractivity contribution in [2.75, 3.05) is 12.9 Å². The smallest absolute Gasteiger partial charge is 0.321 e. The van der Waals surface area contributed by atoms with Crippen LogP contribution in [0.3, 0.4) is 0 Å². The van der Waals surface area contributed by atoms with Gasteiger partial charge in [0.25, 0.3) is 0 Å². The molecule has 2 N–H and O–H groups in total. The van der Waals surface area contributed by atoms with Crippen LogP contribution in [0.2, 0.25) is 0 Å².